The molecule has 0 aliphatic heterocycles. The number of anilines is 3. The summed E-state index contributed by atoms with van der Waals surface area (Å²) in [6.07, 6.45) is 0. The summed E-state index contributed by atoms with van der Waals surface area (Å²) >= 11 is 5.27. The molecule has 2 aromatic rings. The SMILES string of the molecule is Cc1cc(F)ccc1NC(=S)Nc1ccc(N(C)C)cc1. The van der Waals surface area contributed by atoms with E-state index in [9.17, 15) is 4.39 Å². The highest BCUT2D eigenvalue weighted by atomic mass is 32.1. The summed E-state index contributed by atoms with van der Waals surface area (Å²) in [7, 11) is 3.98. The number of rotatable bonds is 3. The minimum Gasteiger partial charge on any atom is -0.378 e. The van der Waals surface area contributed by atoms with E-state index in [1.54, 1.807) is 6.07 Å². The maximum atomic E-state index is 13.1. The number of benzene rings is 2. The van der Waals surface area contributed by atoms with E-state index < -0.39 is 0 Å². The van der Waals surface area contributed by atoms with Crippen LogP contribution in [0.1, 0.15) is 5.56 Å². The van der Waals surface area contributed by atoms with E-state index >= 15 is 0 Å². The number of hydrogen-bond donors (Lipinski definition) is 2. The van der Waals surface area contributed by atoms with Gasteiger partial charge in [-0.3, -0.25) is 0 Å². The Balaban J connectivity index is 2.01. The number of halogens is 1. The van der Waals surface area contributed by atoms with Crippen molar-refractivity contribution in [1.82, 2.24) is 0 Å². The molecule has 0 spiro atoms. The zero-order valence-electron chi connectivity index (χ0n) is 12.3. The molecule has 0 saturated heterocycles. The zero-order chi connectivity index (χ0) is 15.4. The second kappa shape index (κ2) is 6.54. The largest absolute Gasteiger partial charge is 0.378 e. The molecule has 0 bridgehead atoms. The molecular weight excluding hydrogens is 285 g/mol. The number of thiocarbonyl (C=S) groups is 1. The van der Waals surface area contributed by atoms with Crippen LogP contribution in [-0.4, -0.2) is 19.2 Å². The molecule has 21 heavy (non-hydrogen) atoms. The molecule has 2 N–H and O–H groups in total. The van der Waals surface area contributed by atoms with Crippen LogP contribution < -0.4 is 15.5 Å². The lowest BCUT2D eigenvalue weighted by atomic mass is 10.2. The van der Waals surface area contributed by atoms with Gasteiger partial charge < -0.3 is 15.5 Å². The first-order chi connectivity index (χ1) is 9.95. The smallest absolute Gasteiger partial charge is 0.175 e. The molecule has 0 amide bonds. The van der Waals surface area contributed by atoms with E-state index in [1.165, 1.54) is 12.1 Å². The Hall–Kier alpha value is -2.14. The normalized spacial score (nSPS) is 10.1. The highest BCUT2D eigenvalue weighted by Crippen LogP contribution is 2.18. The molecule has 3 nitrogen and oxygen atoms in total. The van der Waals surface area contributed by atoms with E-state index in [0.717, 1.165) is 22.6 Å². The summed E-state index contributed by atoms with van der Waals surface area (Å²) in [4.78, 5) is 2.03. The van der Waals surface area contributed by atoms with Gasteiger partial charge in [0.25, 0.3) is 0 Å². The van der Waals surface area contributed by atoms with Crippen molar-refractivity contribution in [3.05, 3.63) is 53.8 Å². The maximum absolute atomic E-state index is 13.1. The van der Waals surface area contributed by atoms with Crippen LogP contribution in [0.4, 0.5) is 21.5 Å². The number of hydrogen-bond acceptors (Lipinski definition) is 2. The number of nitrogens with one attached hydrogen (secondary N) is 2. The summed E-state index contributed by atoms with van der Waals surface area (Å²) in [6.45, 7) is 1.83. The van der Waals surface area contributed by atoms with Gasteiger partial charge in [0.1, 0.15) is 5.82 Å². The Morgan fingerprint density at radius 3 is 2.29 bits per heavy atom. The molecule has 2 aromatic carbocycles. The van der Waals surface area contributed by atoms with Crippen LogP contribution >= 0.6 is 12.2 Å². The molecule has 110 valence electrons. The van der Waals surface area contributed by atoms with Crippen LogP contribution in [0.5, 0.6) is 0 Å². The van der Waals surface area contributed by atoms with E-state index in [0.29, 0.717) is 5.11 Å². The quantitative estimate of drug-likeness (QED) is 0.838. The van der Waals surface area contributed by atoms with E-state index in [1.807, 2.05) is 50.2 Å². The van der Waals surface area contributed by atoms with E-state index in [-0.39, 0.29) is 5.82 Å². The number of aryl methyl sites for hydroxylation is 1. The van der Waals surface area contributed by atoms with Crippen LogP contribution in [0.3, 0.4) is 0 Å². The Morgan fingerprint density at radius 1 is 1.05 bits per heavy atom. The summed E-state index contributed by atoms with van der Waals surface area (Å²) < 4.78 is 13.1. The highest BCUT2D eigenvalue weighted by Gasteiger charge is 2.03. The molecule has 0 aliphatic carbocycles. The lowest BCUT2D eigenvalue weighted by Gasteiger charge is -2.15. The third-order valence-electron chi connectivity index (χ3n) is 3.08. The molecule has 2 rings (SSSR count). The monoisotopic (exact) mass is 303 g/mol. The fourth-order valence-electron chi connectivity index (χ4n) is 1.89. The summed E-state index contributed by atoms with van der Waals surface area (Å²) in [5.74, 6) is -0.254. The van der Waals surface area contributed by atoms with Crippen molar-refractivity contribution < 1.29 is 4.39 Å². The van der Waals surface area contributed by atoms with Crippen molar-refractivity contribution >= 4 is 34.4 Å². The third-order valence-corrected chi connectivity index (χ3v) is 3.28. The lowest BCUT2D eigenvalue weighted by Crippen LogP contribution is -2.19. The molecule has 0 unspecified atom stereocenters. The second-order valence-corrected chi connectivity index (χ2v) is 5.39. The van der Waals surface area contributed by atoms with Crippen molar-refractivity contribution in [1.29, 1.82) is 0 Å². The number of nitrogens with zero attached hydrogens (tertiary/aromatic N) is 1. The van der Waals surface area contributed by atoms with Gasteiger partial charge in [0.05, 0.1) is 0 Å². The lowest BCUT2D eigenvalue weighted by molar-refractivity contribution is 0.627. The van der Waals surface area contributed by atoms with Crippen molar-refractivity contribution in [3.63, 3.8) is 0 Å². The molecule has 0 fully saturated rings. The maximum Gasteiger partial charge on any atom is 0.175 e. The van der Waals surface area contributed by atoms with Crippen LogP contribution in [-0.2, 0) is 0 Å². The molecule has 0 radical (unpaired) electrons. The summed E-state index contributed by atoms with van der Waals surface area (Å²) in [6, 6.07) is 12.5. The predicted octanol–water partition coefficient (Wildman–Crippen LogP) is 4.01. The van der Waals surface area contributed by atoms with Gasteiger partial charge in [0, 0.05) is 31.2 Å². The Morgan fingerprint density at radius 2 is 1.71 bits per heavy atom. The molecule has 0 atom stereocenters. The molecule has 5 heteroatoms. The van der Waals surface area contributed by atoms with Crippen LogP contribution in [0.15, 0.2) is 42.5 Å². The standard InChI is InChI=1S/C16H18FN3S/c1-11-10-12(17)4-9-15(11)19-16(21)18-13-5-7-14(8-6-13)20(2)3/h4-10H,1-3H3,(H2,18,19,21). The second-order valence-electron chi connectivity index (χ2n) is 4.98. The average Bonchev–Trinajstić information content (AvgIpc) is 2.42. The molecule has 0 aliphatic rings. The Bertz CT molecular complexity index is 638. The molecule has 0 aromatic heterocycles. The van der Waals surface area contributed by atoms with Crippen LogP contribution in [0.25, 0.3) is 0 Å². The Kier molecular flexibility index (Phi) is 4.75. The summed E-state index contributed by atoms with van der Waals surface area (Å²) in [5, 5.41) is 6.65. The van der Waals surface area contributed by atoms with Crippen molar-refractivity contribution in [2.45, 2.75) is 6.92 Å². The Labute approximate surface area is 129 Å². The van der Waals surface area contributed by atoms with Gasteiger partial charge in [0.15, 0.2) is 5.11 Å². The van der Waals surface area contributed by atoms with E-state index in [4.69, 9.17) is 12.2 Å². The minimum atomic E-state index is -0.254. The average molecular weight is 303 g/mol. The first-order valence-electron chi connectivity index (χ1n) is 6.57. The van der Waals surface area contributed by atoms with Crippen molar-refractivity contribution in [2.75, 3.05) is 29.6 Å². The first-order valence-corrected chi connectivity index (χ1v) is 6.98. The summed E-state index contributed by atoms with van der Waals surface area (Å²) in [5.41, 5.74) is 3.62. The van der Waals surface area contributed by atoms with E-state index in [2.05, 4.69) is 10.6 Å². The molecular formula is C16H18FN3S. The van der Waals surface area contributed by atoms with Gasteiger partial charge in [0.2, 0.25) is 0 Å². The van der Waals surface area contributed by atoms with Gasteiger partial charge in [-0.25, -0.2) is 4.39 Å². The first kappa shape index (κ1) is 15.3. The van der Waals surface area contributed by atoms with Crippen molar-refractivity contribution in [3.8, 4) is 0 Å². The van der Waals surface area contributed by atoms with Gasteiger partial charge in [-0.1, -0.05) is 0 Å². The topological polar surface area (TPSA) is 27.3 Å². The fraction of sp³-hybridized carbons (Fsp3) is 0.188. The fourth-order valence-corrected chi connectivity index (χ4v) is 2.12. The zero-order valence-corrected chi connectivity index (χ0v) is 13.1. The predicted molar refractivity (Wildman–Crippen MR) is 91.7 cm³/mol. The van der Waals surface area contributed by atoms with Gasteiger partial charge >= 0.3 is 0 Å². The van der Waals surface area contributed by atoms with Crippen molar-refractivity contribution in [2.24, 2.45) is 0 Å². The minimum absolute atomic E-state index is 0.254. The van der Waals surface area contributed by atoms with Crippen LogP contribution in [0, 0.1) is 12.7 Å². The molecule has 0 saturated carbocycles. The van der Waals surface area contributed by atoms with Gasteiger partial charge in [-0.05, 0) is 67.2 Å². The van der Waals surface area contributed by atoms with Gasteiger partial charge in [-0.2, -0.15) is 0 Å². The highest BCUT2D eigenvalue weighted by molar-refractivity contribution is 7.80. The van der Waals surface area contributed by atoms with Gasteiger partial charge in [-0.15, -0.1) is 0 Å². The van der Waals surface area contributed by atoms with Crippen LogP contribution in [0.2, 0.25) is 0 Å². The third kappa shape index (κ3) is 4.16. The molecule has 0 heterocycles.